The molecule has 3 heterocycles. The summed E-state index contributed by atoms with van der Waals surface area (Å²) in [5.41, 5.74) is 6.89. The Morgan fingerprint density at radius 2 is 1.45 bits per heavy atom. The van der Waals surface area contributed by atoms with Crippen molar-refractivity contribution in [3.63, 3.8) is 0 Å². The molecule has 1 saturated heterocycles. The first-order valence-electron chi connectivity index (χ1n) is 19.3. The molecule has 0 bridgehead atoms. The van der Waals surface area contributed by atoms with Crippen LogP contribution in [0.3, 0.4) is 0 Å². The molecule has 7 rings (SSSR count). The number of halogens is 4. The van der Waals surface area contributed by atoms with Gasteiger partial charge in [-0.3, -0.25) is 24.5 Å². The molecule has 2 aromatic heterocycles. The largest absolute Gasteiger partial charge is 0.346 e. The van der Waals surface area contributed by atoms with E-state index in [1.165, 1.54) is 42.1 Å². The summed E-state index contributed by atoms with van der Waals surface area (Å²) in [6.45, 7) is 2.96. The molecule has 296 valence electrons. The molecule has 1 aliphatic heterocycles. The minimum absolute atomic E-state index is 0.0605. The first-order valence-corrected chi connectivity index (χ1v) is 19.3. The highest BCUT2D eigenvalue weighted by molar-refractivity contribution is 5.94. The Hall–Kier alpha value is -6.20. The Kier molecular flexibility index (Phi) is 12.4. The van der Waals surface area contributed by atoms with E-state index < -0.39 is 30.6 Å². The molecule has 4 aromatic carbocycles. The number of hydrogen-bond donors (Lipinski definition) is 2. The van der Waals surface area contributed by atoms with Gasteiger partial charge in [0.2, 0.25) is 5.91 Å². The van der Waals surface area contributed by atoms with Gasteiger partial charge in [0.05, 0.1) is 30.5 Å². The van der Waals surface area contributed by atoms with Crippen molar-refractivity contribution >= 4 is 17.5 Å². The molecule has 0 radical (unpaired) electrons. The standard InChI is InChI=1S/C47H43F4N5O2/c1-31-6-17-40(28-52-31)55-45(57)29-56-22-20-35(21-23-56)34-12-14-37(15-13-34)42-25-33(9-19-44(42)49)24-39-18-16-38(27-53-39)46(58)54-30-47(50,51)26-32-7-10-36(11-8-32)41-4-2-3-5-43(41)48/h2-19,25,27-28,35H,20-24,26,29-30H2,1H3,(H,54,58)(H,55,57). The normalized spacial score (nSPS) is 13.6. The number of aryl methyl sites for hydroxylation is 1. The SMILES string of the molecule is Cc1ccc(NC(=O)CN2CCC(c3ccc(-c4cc(Cc5ccc(C(=O)NCC(F)(F)Cc6ccc(-c7ccccc7F)cc6)cn5)ccc4F)cc3)CC2)cn1. The van der Waals surface area contributed by atoms with Crippen molar-refractivity contribution in [1.29, 1.82) is 0 Å². The van der Waals surface area contributed by atoms with Gasteiger partial charge in [-0.25, -0.2) is 17.6 Å². The second kappa shape index (κ2) is 17.9. The third-order valence-corrected chi connectivity index (χ3v) is 10.5. The number of rotatable bonds is 13. The summed E-state index contributed by atoms with van der Waals surface area (Å²) in [4.78, 5) is 36.1. The number of likely N-dealkylation sites (tertiary alicyclic amines) is 1. The lowest BCUT2D eigenvalue weighted by atomic mass is 9.88. The van der Waals surface area contributed by atoms with E-state index in [1.54, 1.807) is 54.7 Å². The van der Waals surface area contributed by atoms with E-state index >= 15 is 4.39 Å². The molecular weight excluding hydrogens is 743 g/mol. The summed E-state index contributed by atoms with van der Waals surface area (Å²) in [5, 5.41) is 5.22. The van der Waals surface area contributed by atoms with E-state index in [4.69, 9.17) is 0 Å². The highest BCUT2D eigenvalue weighted by Gasteiger charge is 2.30. The number of carbonyl (C=O) groups is 2. The van der Waals surface area contributed by atoms with E-state index in [2.05, 4.69) is 25.5 Å². The van der Waals surface area contributed by atoms with Crippen molar-refractivity contribution in [2.45, 2.75) is 44.4 Å². The Morgan fingerprint density at radius 3 is 2.14 bits per heavy atom. The Balaban J connectivity index is 0.886. The minimum atomic E-state index is -3.22. The molecule has 1 fully saturated rings. The highest BCUT2D eigenvalue weighted by atomic mass is 19.3. The van der Waals surface area contributed by atoms with Gasteiger partial charge in [-0.1, -0.05) is 72.8 Å². The van der Waals surface area contributed by atoms with Gasteiger partial charge in [-0.2, -0.15) is 0 Å². The van der Waals surface area contributed by atoms with Gasteiger partial charge in [0.1, 0.15) is 11.6 Å². The number of benzene rings is 4. The second-order valence-electron chi connectivity index (χ2n) is 14.8. The van der Waals surface area contributed by atoms with E-state index in [9.17, 15) is 22.8 Å². The molecule has 2 N–H and O–H groups in total. The van der Waals surface area contributed by atoms with Crippen molar-refractivity contribution in [3.05, 3.63) is 173 Å². The van der Waals surface area contributed by atoms with Gasteiger partial charge in [-0.15, -0.1) is 0 Å². The van der Waals surface area contributed by atoms with Crippen LogP contribution in [0.15, 0.2) is 128 Å². The molecule has 0 unspecified atom stereocenters. The maximum absolute atomic E-state index is 15.1. The summed E-state index contributed by atoms with van der Waals surface area (Å²) in [7, 11) is 0. The molecule has 11 heteroatoms. The van der Waals surface area contributed by atoms with Crippen molar-refractivity contribution in [2.24, 2.45) is 0 Å². The lowest BCUT2D eigenvalue weighted by Gasteiger charge is -2.31. The van der Waals surface area contributed by atoms with Crippen LogP contribution in [-0.4, -0.2) is 58.8 Å². The van der Waals surface area contributed by atoms with Gasteiger partial charge in [0.25, 0.3) is 11.8 Å². The van der Waals surface area contributed by atoms with Crippen LogP contribution >= 0.6 is 0 Å². The second-order valence-corrected chi connectivity index (χ2v) is 14.8. The smallest absolute Gasteiger partial charge is 0.269 e. The number of pyridine rings is 2. The molecule has 7 nitrogen and oxygen atoms in total. The molecule has 0 atom stereocenters. The molecule has 0 aliphatic carbocycles. The van der Waals surface area contributed by atoms with Crippen molar-refractivity contribution in [1.82, 2.24) is 20.2 Å². The number of nitrogens with one attached hydrogen (secondary N) is 2. The van der Waals surface area contributed by atoms with Crippen LogP contribution in [-0.2, 0) is 17.6 Å². The summed E-state index contributed by atoms with van der Waals surface area (Å²) in [6.07, 6.45) is 4.61. The average Bonchev–Trinajstić information content (AvgIpc) is 3.22. The lowest BCUT2D eigenvalue weighted by Crippen LogP contribution is -2.38. The predicted molar refractivity (Wildman–Crippen MR) is 218 cm³/mol. The number of alkyl halides is 2. The monoisotopic (exact) mass is 785 g/mol. The van der Waals surface area contributed by atoms with Crippen LogP contribution in [0.4, 0.5) is 23.2 Å². The van der Waals surface area contributed by atoms with Gasteiger partial charge < -0.3 is 10.6 Å². The molecular formula is C47H43F4N5O2. The number of hydrogen-bond acceptors (Lipinski definition) is 5. The first-order chi connectivity index (χ1) is 28.0. The van der Waals surface area contributed by atoms with Crippen molar-refractivity contribution in [2.75, 3.05) is 31.5 Å². The van der Waals surface area contributed by atoms with Gasteiger partial charge in [0.15, 0.2) is 0 Å². The predicted octanol–water partition coefficient (Wildman–Crippen LogP) is 9.41. The summed E-state index contributed by atoms with van der Waals surface area (Å²) < 4.78 is 58.9. The third-order valence-electron chi connectivity index (χ3n) is 10.5. The van der Waals surface area contributed by atoms with E-state index in [1.807, 2.05) is 43.3 Å². The fourth-order valence-corrected chi connectivity index (χ4v) is 7.25. The van der Waals surface area contributed by atoms with Gasteiger partial charge in [-0.05, 0) is 109 Å². The molecule has 0 spiro atoms. The third kappa shape index (κ3) is 10.4. The van der Waals surface area contributed by atoms with Crippen LogP contribution < -0.4 is 10.6 Å². The van der Waals surface area contributed by atoms with Crippen LogP contribution in [0.2, 0.25) is 0 Å². The quantitative estimate of drug-likeness (QED) is 0.114. The Morgan fingerprint density at radius 1 is 0.759 bits per heavy atom. The Labute approximate surface area is 335 Å². The fourth-order valence-electron chi connectivity index (χ4n) is 7.25. The summed E-state index contributed by atoms with van der Waals surface area (Å²) in [5.74, 6) is -4.35. The number of nitrogens with zero attached hydrogens (tertiary/aromatic N) is 3. The molecule has 0 saturated carbocycles. The van der Waals surface area contributed by atoms with Crippen LogP contribution in [0, 0.1) is 18.6 Å². The fraction of sp³-hybridized carbons (Fsp3) is 0.234. The number of anilines is 1. The Bertz CT molecular complexity index is 2340. The van der Waals surface area contributed by atoms with Gasteiger partial charge in [0, 0.05) is 41.6 Å². The highest BCUT2D eigenvalue weighted by Crippen LogP contribution is 2.32. The maximum atomic E-state index is 15.1. The number of amides is 2. The topological polar surface area (TPSA) is 87.2 Å². The average molecular weight is 786 g/mol. The van der Waals surface area contributed by atoms with Crippen LogP contribution in [0.1, 0.15) is 57.2 Å². The number of carbonyl (C=O) groups excluding carboxylic acids is 2. The molecule has 2 amide bonds. The van der Waals surface area contributed by atoms with E-state index in [0.29, 0.717) is 52.5 Å². The first kappa shape index (κ1) is 40.0. The van der Waals surface area contributed by atoms with Crippen molar-refractivity contribution < 1.29 is 27.2 Å². The zero-order valence-electron chi connectivity index (χ0n) is 32.0. The molecule has 6 aromatic rings. The van der Waals surface area contributed by atoms with Crippen LogP contribution in [0.25, 0.3) is 22.3 Å². The van der Waals surface area contributed by atoms with Crippen LogP contribution in [0.5, 0.6) is 0 Å². The zero-order valence-corrected chi connectivity index (χ0v) is 32.0. The van der Waals surface area contributed by atoms with E-state index in [-0.39, 0.29) is 17.3 Å². The van der Waals surface area contributed by atoms with Gasteiger partial charge >= 0.3 is 0 Å². The minimum Gasteiger partial charge on any atom is -0.346 e. The summed E-state index contributed by atoms with van der Waals surface area (Å²) >= 11 is 0. The number of aromatic nitrogens is 2. The molecule has 58 heavy (non-hydrogen) atoms. The van der Waals surface area contributed by atoms with E-state index in [0.717, 1.165) is 42.8 Å². The maximum Gasteiger partial charge on any atom is 0.269 e. The molecule has 1 aliphatic rings. The summed E-state index contributed by atoms with van der Waals surface area (Å²) in [6, 6.07) is 32.3. The number of piperidine rings is 1. The van der Waals surface area contributed by atoms with Crippen molar-refractivity contribution in [3.8, 4) is 22.3 Å². The zero-order chi connectivity index (χ0) is 40.6. The lowest BCUT2D eigenvalue weighted by molar-refractivity contribution is -0.117.